The molecule has 1 fully saturated rings. The van der Waals surface area contributed by atoms with Gasteiger partial charge in [-0.05, 0) is 50.2 Å². The van der Waals surface area contributed by atoms with E-state index in [1.165, 1.54) is 24.1 Å². The van der Waals surface area contributed by atoms with Gasteiger partial charge in [-0.1, -0.05) is 12.1 Å². The van der Waals surface area contributed by atoms with E-state index in [9.17, 15) is 18.8 Å². The zero-order chi connectivity index (χ0) is 24.7. The standard InChI is InChI=1S/C25H31FN4O4/c1-18(2)30(24(32)17-34-3)16-23(31)27-19-8-10-20(11-9-19)28-12-14-29(15-13-28)25(33)21-6-4-5-7-22(21)26/h4-11,18H,12-17H2,1-3H3,(H,27,31). The molecule has 2 aromatic rings. The molecule has 1 N–H and O–H groups in total. The number of carbonyl (C=O) groups is 3. The zero-order valence-electron chi connectivity index (χ0n) is 19.8. The topological polar surface area (TPSA) is 82.2 Å². The van der Waals surface area contributed by atoms with Gasteiger partial charge >= 0.3 is 0 Å². The lowest BCUT2D eigenvalue weighted by atomic mass is 10.1. The van der Waals surface area contributed by atoms with E-state index in [0.717, 1.165) is 5.69 Å². The largest absolute Gasteiger partial charge is 0.375 e. The molecule has 0 atom stereocenters. The summed E-state index contributed by atoms with van der Waals surface area (Å²) in [4.78, 5) is 42.4. The van der Waals surface area contributed by atoms with E-state index < -0.39 is 5.82 Å². The van der Waals surface area contributed by atoms with E-state index in [1.54, 1.807) is 29.2 Å². The van der Waals surface area contributed by atoms with Gasteiger partial charge in [0.2, 0.25) is 11.8 Å². The normalized spacial score (nSPS) is 13.7. The van der Waals surface area contributed by atoms with Crippen molar-refractivity contribution in [1.82, 2.24) is 9.80 Å². The Labute approximate surface area is 199 Å². The summed E-state index contributed by atoms with van der Waals surface area (Å²) >= 11 is 0. The van der Waals surface area contributed by atoms with Gasteiger partial charge in [-0.25, -0.2) is 4.39 Å². The number of nitrogens with one attached hydrogen (secondary N) is 1. The Balaban J connectivity index is 1.53. The Hall–Kier alpha value is -3.46. The van der Waals surface area contributed by atoms with Crippen LogP contribution in [0.1, 0.15) is 24.2 Å². The first-order valence-electron chi connectivity index (χ1n) is 11.3. The van der Waals surface area contributed by atoms with Gasteiger partial charge in [0.05, 0.1) is 5.56 Å². The zero-order valence-corrected chi connectivity index (χ0v) is 19.8. The number of rotatable bonds is 8. The number of piperazine rings is 1. The van der Waals surface area contributed by atoms with Crippen molar-refractivity contribution >= 4 is 29.1 Å². The van der Waals surface area contributed by atoms with E-state index in [0.29, 0.717) is 31.9 Å². The first kappa shape index (κ1) is 25.2. The summed E-state index contributed by atoms with van der Waals surface area (Å²) < 4.78 is 18.8. The van der Waals surface area contributed by atoms with Gasteiger partial charge in [0, 0.05) is 50.7 Å². The van der Waals surface area contributed by atoms with Crippen LogP contribution in [0.25, 0.3) is 0 Å². The second-order valence-electron chi connectivity index (χ2n) is 8.40. The fourth-order valence-electron chi connectivity index (χ4n) is 3.85. The third kappa shape index (κ3) is 6.32. The Morgan fingerprint density at radius 2 is 1.68 bits per heavy atom. The molecule has 8 nitrogen and oxygen atoms in total. The predicted molar refractivity (Wildman–Crippen MR) is 128 cm³/mol. The van der Waals surface area contributed by atoms with E-state index >= 15 is 0 Å². The highest BCUT2D eigenvalue weighted by Gasteiger charge is 2.24. The highest BCUT2D eigenvalue weighted by molar-refractivity contribution is 5.95. The van der Waals surface area contributed by atoms with Crippen molar-refractivity contribution < 1.29 is 23.5 Å². The molecule has 1 aliphatic heterocycles. The van der Waals surface area contributed by atoms with E-state index in [2.05, 4.69) is 10.2 Å². The third-order valence-corrected chi connectivity index (χ3v) is 5.71. The molecule has 0 aliphatic carbocycles. The molecule has 0 aromatic heterocycles. The lowest BCUT2D eigenvalue weighted by Gasteiger charge is -2.36. The fourth-order valence-corrected chi connectivity index (χ4v) is 3.85. The number of anilines is 2. The molecule has 9 heteroatoms. The molecule has 0 saturated carbocycles. The molecule has 182 valence electrons. The van der Waals surface area contributed by atoms with Crippen molar-refractivity contribution in [3.8, 4) is 0 Å². The minimum atomic E-state index is -0.507. The van der Waals surface area contributed by atoms with Crippen molar-refractivity contribution in [3.63, 3.8) is 0 Å². The quantitative estimate of drug-likeness (QED) is 0.642. The molecule has 2 aromatic carbocycles. The number of benzene rings is 2. The smallest absolute Gasteiger partial charge is 0.256 e. The lowest BCUT2D eigenvalue weighted by Crippen LogP contribution is -2.49. The molecule has 34 heavy (non-hydrogen) atoms. The maximum Gasteiger partial charge on any atom is 0.256 e. The SMILES string of the molecule is COCC(=O)N(CC(=O)Nc1ccc(N2CCN(C(=O)c3ccccc3F)CC2)cc1)C(C)C. The van der Waals surface area contributed by atoms with E-state index in [-0.39, 0.29) is 42.5 Å². The third-order valence-electron chi connectivity index (χ3n) is 5.71. The molecule has 1 heterocycles. The molecule has 0 spiro atoms. The minimum Gasteiger partial charge on any atom is -0.375 e. The van der Waals surface area contributed by atoms with Gasteiger partial charge in [-0.15, -0.1) is 0 Å². The molecule has 3 rings (SSSR count). The van der Waals surface area contributed by atoms with Crippen LogP contribution in [0.4, 0.5) is 15.8 Å². The maximum atomic E-state index is 13.9. The summed E-state index contributed by atoms with van der Waals surface area (Å²) in [5, 5.41) is 2.82. The van der Waals surface area contributed by atoms with Crippen molar-refractivity contribution in [2.45, 2.75) is 19.9 Å². The van der Waals surface area contributed by atoms with Gasteiger partial charge in [-0.3, -0.25) is 14.4 Å². The predicted octanol–water partition coefficient (Wildman–Crippen LogP) is 2.61. The van der Waals surface area contributed by atoms with Gasteiger partial charge < -0.3 is 24.8 Å². The monoisotopic (exact) mass is 470 g/mol. The van der Waals surface area contributed by atoms with Gasteiger partial charge in [-0.2, -0.15) is 0 Å². The highest BCUT2D eigenvalue weighted by Crippen LogP contribution is 2.21. The lowest BCUT2D eigenvalue weighted by molar-refractivity contribution is -0.139. The number of hydrogen-bond donors (Lipinski definition) is 1. The number of carbonyl (C=O) groups excluding carboxylic acids is 3. The van der Waals surface area contributed by atoms with Crippen LogP contribution in [0.2, 0.25) is 0 Å². The van der Waals surface area contributed by atoms with Crippen LogP contribution in [0, 0.1) is 5.82 Å². The van der Waals surface area contributed by atoms with Crippen molar-refractivity contribution in [2.24, 2.45) is 0 Å². The van der Waals surface area contributed by atoms with Crippen LogP contribution in [0.5, 0.6) is 0 Å². The highest BCUT2D eigenvalue weighted by atomic mass is 19.1. The van der Waals surface area contributed by atoms with Crippen molar-refractivity contribution in [2.75, 3.05) is 56.7 Å². The molecule has 3 amide bonds. The average molecular weight is 471 g/mol. The van der Waals surface area contributed by atoms with Crippen molar-refractivity contribution in [1.29, 1.82) is 0 Å². The molecular weight excluding hydrogens is 439 g/mol. The van der Waals surface area contributed by atoms with Crippen LogP contribution < -0.4 is 10.2 Å². The van der Waals surface area contributed by atoms with Gasteiger partial charge in [0.15, 0.2) is 0 Å². The first-order chi connectivity index (χ1) is 16.3. The molecule has 1 aliphatic rings. The molecular formula is C25H31FN4O4. The summed E-state index contributed by atoms with van der Waals surface area (Å²) in [5.41, 5.74) is 1.69. The van der Waals surface area contributed by atoms with E-state index in [1.807, 2.05) is 26.0 Å². The Morgan fingerprint density at radius 1 is 1.03 bits per heavy atom. The van der Waals surface area contributed by atoms with E-state index in [4.69, 9.17) is 4.74 Å². The summed E-state index contributed by atoms with van der Waals surface area (Å²) in [7, 11) is 1.44. The second-order valence-corrected chi connectivity index (χ2v) is 8.40. The minimum absolute atomic E-state index is 0.0559. The van der Waals surface area contributed by atoms with Crippen LogP contribution in [-0.4, -0.2) is 80.0 Å². The van der Waals surface area contributed by atoms with Crippen LogP contribution >= 0.6 is 0 Å². The Kier molecular flexibility index (Phi) is 8.59. The number of methoxy groups -OCH3 is 1. The maximum absolute atomic E-state index is 13.9. The number of halogens is 1. The Bertz CT molecular complexity index is 1000. The second kappa shape index (κ2) is 11.6. The molecule has 1 saturated heterocycles. The fraction of sp³-hybridized carbons (Fsp3) is 0.400. The molecule has 0 bridgehead atoms. The summed E-state index contributed by atoms with van der Waals surface area (Å²) in [6.45, 7) is 5.80. The average Bonchev–Trinajstić information content (AvgIpc) is 2.83. The number of nitrogens with zero attached hydrogens (tertiary/aromatic N) is 3. The summed E-state index contributed by atoms with van der Waals surface area (Å²) in [6, 6.07) is 13.3. The first-order valence-corrected chi connectivity index (χ1v) is 11.3. The van der Waals surface area contributed by atoms with Gasteiger partial charge in [0.1, 0.15) is 19.0 Å². The van der Waals surface area contributed by atoms with Gasteiger partial charge in [0.25, 0.3) is 5.91 Å². The Morgan fingerprint density at radius 3 is 2.26 bits per heavy atom. The summed E-state index contributed by atoms with van der Waals surface area (Å²) in [6.07, 6.45) is 0. The molecule has 0 radical (unpaired) electrons. The van der Waals surface area contributed by atoms with Crippen molar-refractivity contribution in [3.05, 3.63) is 59.9 Å². The van der Waals surface area contributed by atoms with Crippen LogP contribution in [-0.2, 0) is 14.3 Å². The number of ether oxygens (including phenoxy) is 1. The number of amides is 3. The summed E-state index contributed by atoms with van der Waals surface area (Å²) in [5.74, 6) is -1.33. The van der Waals surface area contributed by atoms with Crippen LogP contribution in [0.15, 0.2) is 48.5 Å². The van der Waals surface area contributed by atoms with Crippen LogP contribution in [0.3, 0.4) is 0 Å². The number of hydrogen-bond acceptors (Lipinski definition) is 5. The molecule has 0 unspecified atom stereocenters.